The average molecular weight is 363 g/mol. The molecule has 2 heterocycles. The van der Waals surface area contributed by atoms with Crippen LogP contribution < -0.4 is 16.6 Å². The first-order valence-electron chi connectivity index (χ1n) is 8.06. The Morgan fingerprint density at radius 2 is 1.81 bits per heavy atom. The second-order valence-electron chi connectivity index (χ2n) is 5.76. The fourth-order valence-corrected chi connectivity index (χ4v) is 2.60. The number of nitrogens with two attached hydrogens (primary N) is 1. The fraction of sp³-hybridized carbons (Fsp3) is 0.0556. The molecule has 0 aliphatic heterocycles. The van der Waals surface area contributed by atoms with Crippen molar-refractivity contribution in [2.75, 3.05) is 11.1 Å². The van der Waals surface area contributed by atoms with Crippen LogP contribution in [0.1, 0.15) is 5.82 Å². The van der Waals surface area contributed by atoms with E-state index in [1.165, 1.54) is 23.0 Å². The van der Waals surface area contributed by atoms with Crippen LogP contribution in [0.5, 0.6) is 0 Å². The third kappa shape index (κ3) is 3.56. The molecule has 2 aromatic heterocycles. The van der Waals surface area contributed by atoms with E-state index < -0.39 is 0 Å². The zero-order chi connectivity index (χ0) is 18.8. The van der Waals surface area contributed by atoms with Gasteiger partial charge in [0.05, 0.1) is 23.8 Å². The highest BCUT2D eigenvalue weighted by Gasteiger charge is 2.09. The van der Waals surface area contributed by atoms with Crippen LogP contribution in [0.15, 0.2) is 59.7 Å². The van der Waals surface area contributed by atoms with Crippen molar-refractivity contribution in [1.29, 1.82) is 0 Å². The van der Waals surface area contributed by atoms with Crippen LogP contribution >= 0.6 is 0 Å². The maximum atomic E-state index is 13.0. The Kier molecular flexibility index (Phi) is 4.17. The predicted octanol–water partition coefficient (Wildman–Crippen LogP) is 2.09. The molecule has 0 aliphatic carbocycles. The van der Waals surface area contributed by atoms with E-state index in [0.717, 1.165) is 0 Å². The van der Waals surface area contributed by atoms with Gasteiger partial charge in [-0.1, -0.05) is 12.1 Å². The SMILES string of the molecule is Nc1nc(Cn2cnc3ccccc3c2=O)nc(Nc2ccc(F)cc2)n1. The van der Waals surface area contributed by atoms with E-state index in [1.807, 2.05) is 6.07 Å². The highest BCUT2D eigenvalue weighted by atomic mass is 19.1. The normalized spacial score (nSPS) is 10.9. The molecule has 0 bridgehead atoms. The van der Waals surface area contributed by atoms with Crippen molar-refractivity contribution >= 4 is 28.5 Å². The van der Waals surface area contributed by atoms with Crippen LogP contribution in [0.4, 0.5) is 22.0 Å². The first-order chi connectivity index (χ1) is 13.1. The van der Waals surface area contributed by atoms with Gasteiger partial charge in [-0.05, 0) is 36.4 Å². The van der Waals surface area contributed by atoms with Gasteiger partial charge in [0.2, 0.25) is 11.9 Å². The summed E-state index contributed by atoms with van der Waals surface area (Å²) in [6.45, 7) is 0.0848. The predicted molar refractivity (Wildman–Crippen MR) is 99.0 cm³/mol. The molecule has 0 radical (unpaired) electrons. The number of nitrogens with zero attached hydrogens (tertiary/aromatic N) is 5. The number of benzene rings is 2. The Hall–Kier alpha value is -3.88. The third-order valence-corrected chi connectivity index (χ3v) is 3.84. The molecule has 0 atom stereocenters. The second kappa shape index (κ2) is 6.79. The molecule has 8 nitrogen and oxygen atoms in total. The standard InChI is InChI=1S/C18H14FN7O/c19-11-5-7-12(8-6-11)22-18-24-15(23-17(20)25-18)9-26-10-21-14-4-2-1-3-13(14)16(26)27/h1-8,10H,9H2,(H3,20,22,23,24,25). The van der Waals surface area contributed by atoms with Crippen molar-refractivity contribution in [3.05, 3.63) is 76.9 Å². The first-order valence-corrected chi connectivity index (χ1v) is 8.06. The molecule has 0 amide bonds. The van der Waals surface area contributed by atoms with E-state index in [-0.39, 0.29) is 29.8 Å². The molecular weight excluding hydrogens is 349 g/mol. The minimum atomic E-state index is -0.348. The lowest BCUT2D eigenvalue weighted by Gasteiger charge is -2.09. The minimum Gasteiger partial charge on any atom is -0.368 e. The van der Waals surface area contributed by atoms with Gasteiger partial charge in [0.25, 0.3) is 5.56 Å². The van der Waals surface area contributed by atoms with Crippen LogP contribution in [-0.2, 0) is 6.54 Å². The fourth-order valence-electron chi connectivity index (χ4n) is 2.60. The number of fused-ring (bicyclic) bond motifs is 1. The third-order valence-electron chi connectivity index (χ3n) is 3.84. The number of halogens is 1. The van der Waals surface area contributed by atoms with Crippen molar-refractivity contribution in [1.82, 2.24) is 24.5 Å². The topological polar surface area (TPSA) is 112 Å². The first kappa shape index (κ1) is 16.6. The Labute approximate surface area is 152 Å². The lowest BCUT2D eigenvalue weighted by atomic mass is 10.2. The molecule has 0 saturated heterocycles. The molecule has 134 valence electrons. The summed E-state index contributed by atoms with van der Waals surface area (Å²) in [5, 5.41) is 3.44. The van der Waals surface area contributed by atoms with E-state index >= 15 is 0 Å². The quantitative estimate of drug-likeness (QED) is 0.571. The highest BCUT2D eigenvalue weighted by Crippen LogP contribution is 2.14. The Morgan fingerprint density at radius 1 is 1.04 bits per heavy atom. The number of nitrogens with one attached hydrogen (secondary N) is 1. The lowest BCUT2D eigenvalue weighted by molar-refractivity contribution is 0.628. The van der Waals surface area contributed by atoms with Gasteiger partial charge in [0.15, 0.2) is 5.82 Å². The summed E-state index contributed by atoms with van der Waals surface area (Å²) < 4.78 is 14.4. The molecule has 0 saturated carbocycles. The molecule has 0 aliphatic rings. The Balaban J connectivity index is 1.64. The number of aromatic nitrogens is 5. The molecule has 4 aromatic rings. The number of anilines is 3. The lowest BCUT2D eigenvalue weighted by Crippen LogP contribution is -2.22. The summed E-state index contributed by atoms with van der Waals surface area (Å²) in [6.07, 6.45) is 1.44. The molecule has 4 rings (SSSR count). The summed E-state index contributed by atoms with van der Waals surface area (Å²) >= 11 is 0. The highest BCUT2D eigenvalue weighted by molar-refractivity contribution is 5.76. The van der Waals surface area contributed by atoms with Crippen LogP contribution in [0.2, 0.25) is 0 Å². The minimum absolute atomic E-state index is 0.00593. The van der Waals surface area contributed by atoms with E-state index in [4.69, 9.17) is 5.73 Å². The van der Waals surface area contributed by atoms with Gasteiger partial charge in [-0.25, -0.2) is 9.37 Å². The van der Waals surface area contributed by atoms with Crippen molar-refractivity contribution in [2.45, 2.75) is 6.54 Å². The zero-order valence-corrected chi connectivity index (χ0v) is 14.0. The summed E-state index contributed by atoms with van der Waals surface area (Å²) in [6, 6.07) is 12.8. The molecular formula is C18H14FN7O. The number of rotatable bonds is 4. The summed E-state index contributed by atoms with van der Waals surface area (Å²) in [5.74, 6) is 0.156. The van der Waals surface area contributed by atoms with Crippen molar-refractivity contribution in [3.8, 4) is 0 Å². The Morgan fingerprint density at radius 3 is 2.63 bits per heavy atom. The number of nitrogen functional groups attached to an aromatic ring is 1. The van der Waals surface area contributed by atoms with Gasteiger partial charge in [0.1, 0.15) is 5.82 Å². The largest absolute Gasteiger partial charge is 0.368 e. The monoisotopic (exact) mass is 363 g/mol. The zero-order valence-electron chi connectivity index (χ0n) is 14.0. The summed E-state index contributed by atoms with van der Waals surface area (Å²) in [7, 11) is 0. The van der Waals surface area contributed by atoms with Gasteiger partial charge in [-0.3, -0.25) is 9.36 Å². The summed E-state index contributed by atoms with van der Waals surface area (Å²) in [4.78, 5) is 29.2. The van der Waals surface area contributed by atoms with E-state index in [0.29, 0.717) is 22.4 Å². The van der Waals surface area contributed by atoms with Gasteiger partial charge in [-0.2, -0.15) is 15.0 Å². The van der Waals surface area contributed by atoms with E-state index in [2.05, 4.69) is 25.3 Å². The van der Waals surface area contributed by atoms with Gasteiger partial charge in [-0.15, -0.1) is 0 Å². The van der Waals surface area contributed by atoms with Gasteiger partial charge < -0.3 is 11.1 Å². The van der Waals surface area contributed by atoms with Crippen LogP contribution in [-0.4, -0.2) is 24.5 Å². The molecule has 0 unspecified atom stereocenters. The molecule has 0 spiro atoms. The van der Waals surface area contributed by atoms with Crippen molar-refractivity contribution < 1.29 is 4.39 Å². The maximum Gasteiger partial charge on any atom is 0.261 e. The number of hydrogen-bond acceptors (Lipinski definition) is 7. The van der Waals surface area contributed by atoms with Crippen LogP contribution in [0.25, 0.3) is 10.9 Å². The smallest absolute Gasteiger partial charge is 0.261 e. The summed E-state index contributed by atoms with van der Waals surface area (Å²) in [5.41, 5.74) is 6.77. The average Bonchev–Trinajstić information content (AvgIpc) is 2.66. The Bertz CT molecular complexity index is 1170. The second-order valence-corrected chi connectivity index (χ2v) is 5.76. The molecule has 27 heavy (non-hydrogen) atoms. The molecule has 3 N–H and O–H groups in total. The van der Waals surface area contributed by atoms with Crippen LogP contribution in [0, 0.1) is 5.82 Å². The van der Waals surface area contributed by atoms with Gasteiger partial charge >= 0.3 is 0 Å². The maximum absolute atomic E-state index is 13.0. The van der Waals surface area contributed by atoms with Crippen molar-refractivity contribution in [2.24, 2.45) is 0 Å². The number of hydrogen-bond donors (Lipinski definition) is 2. The van der Waals surface area contributed by atoms with Crippen LogP contribution in [0.3, 0.4) is 0 Å². The van der Waals surface area contributed by atoms with Crippen molar-refractivity contribution in [3.63, 3.8) is 0 Å². The molecule has 0 fully saturated rings. The molecule has 2 aromatic carbocycles. The van der Waals surface area contributed by atoms with E-state index in [9.17, 15) is 9.18 Å². The van der Waals surface area contributed by atoms with Gasteiger partial charge in [0, 0.05) is 5.69 Å². The van der Waals surface area contributed by atoms with E-state index in [1.54, 1.807) is 30.3 Å². The molecule has 9 heteroatoms. The number of para-hydroxylation sites is 1.